The maximum absolute atomic E-state index is 11.7. The lowest BCUT2D eigenvalue weighted by atomic mass is 9.85. The van der Waals surface area contributed by atoms with Crippen LogP contribution in [0.15, 0.2) is 24.3 Å². The molecule has 1 amide bonds. The molecule has 4 nitrogen and oxygen atoms in total. The van der Waals surface area contributed by atoms with Gasteiger partial charge in [0.05, 0.1) is 0 Å². The summed E-state index contributed by atoms with van der Waals surface area (Å²) in [6.45, 7) is 8.83. The number of carbonyl (C=O) groups excluding carboxylic acids is 1. The summed E-state index contributed by atoms with van der Waals surface area (Å²) in [7, 11) is 0. The predicted octanol–water partition coefficient (Wildman–Crippen LogP) is 4.48. The van der Waals surface area contributed by atoms with Crippen molar-refractivity contribution in [1.82, 2.24) is 5.32 Å². The zero-order valence-corrected chi connectivity index (χ0v) is 14.1. The van der Waals surface area contributed by atoms with Gasteiger partial charge in [0, 0.05) is 11.7 Å². The second-order valence-electron chi connectivity index (χ2n) is 7.18. The van der Waals surface area contributed by atoms with Crippen LogP contribution in [0.5, 0.6) is 0 Å². The summed E-state index contributed by atoms with van der Waals surface area (Å²) >= 11 is 0. The molecule has 2 N–H and O–H groups in total. The molecule has 1 saturated carbocycles. The lowest BCUT2D eigenvalue weighted by Crippen LogP contribution is -2.29. The van der Waals surface area contributed by atoms with Gasteiger partial charge < -0.3 is 10.1 Å². The van der Waals surface area contributed by atoms with Gasteiger partial charge in [0.2, 0.25) is 0 Å². The number of nitrogens with one attached hydrogen (secondary N) is 2. The van der Waals surface area contributed by atoms with Crippen LogP contribution in [-0.4, -0.2) is 18.2 Å². The fraction of sp³-hybridized carbons (Fsp3) is 0.611. The Morgan fingerprint density at radius 3 is 2.41 bits per heavy atom. The standard InChI is InChI=1S/C18H28N2O2/c1-13(19-12-14-6-5-7-14)15-8-10-16(11-9-15)20-17(21)22-18(2,3)4/h8-11,13-14,19H,5-7,12H2,1-4H3,(H,20,21). The lowest BCUT2D eigenvalue weighted by molar-refractivity contribution is 0.0636. The Morgan fingerprint density at radius 2 is 1.91 bits per heavy atom. The summed E-state index contributed by atoms with van der Waals surface area (Å²) in [5, 5.41) is 6.33. The molecule has 0 spiro atoms. The van der Waals surface area contributed by atoms with Gasteiger partial charge in [-0.25, -0.2) is 4.79 Å². The zero-order chi connectivity index (χ0) is 16.2. The first-order valence-corrected chi connectivity index (χ1v) is 8.17. The highest BCUT2D eigenvalue weighted by Crippen LogP contribution is 2.26. The summed E-state index contributed by atoms with van der Waals surface area (Å²) < 4.78 is 5.24. The monoisotopic (exact) mass is 304 g/mol. The first-order chi connectivity index (χ1) is 10.3. The predicted molar refractivity (Wildman–Crippen MR) is 90.1 cm³/mol. The number of ether oxygens (including phenoxy) is 1. The Balaban J connectivity index is 1.82. The van der Waals surface area contributed by atoms with Crippen molar-refractivity contribution in [3.8, 4) is 0 Å². The normalized spacial score (nSPS) is 16.7. The maximum atomic E-state index is 11.7. The SMILES string of the molecule is CC(NCC1CCC1)c1ccc(NC(=O)OC(C)(C)C)cc1. The Morgan fingerprint density at radius 1 is 1.27 bits per heavy atom. The molecule has 4 heteroatoms. The molecule has 0 bridgehead atoms. The Bertz CT molecular complexity index is 487. The van der Waals surface area contributed by atoms with Gasteiger partial charge in [-0.2, -0.15) is 0 Å². The van der Waals surface area contributed by atoms with E-state index in [1.54, 1.807) is 0 Å². The number of hydrogen-bond donors (Lipinski definition) is 2. The molecule has 1 aliphatic rings. The van der Waals surface area contributed by atoms with Crippen molar-refractivity contribution in [2.24, 2.45) is 5.92 Å². The molecular weight excluding hydrogens is 276 g/mol. The summed E-state index contributed by atoms with van der Waals surface area (Å²) in [5.41, 5.74) is 1.50. The fourth-order valence-corrected chi connectivity index (χ4v) is 2.43. The van der Waals surface area contributed by atoms with Crippen molar-refractivity contribution in [1.29, 1.82) is 0 Å². The van der Waals surface area contributed by atoms with Gasteiger partial charge in [0.15, 0.2) is 0 Å². The minimum absolute atomic E-state index is 0.330. The number of benzene rings is 1. The summed E-state index contributed by atoms with van der Waals surface area (Å²) in [4.78, 5) is 11.7. The molecule has 22 heavy (non-hydrogen) atoms. The molecular formula is C18H28N2O2. The number of rotatable bonds is 5. The van der Waals surface area contributed by atoms with Crippen molar-refractivity contribution >= 4 is 11.8 Å². The highest BCUT2D eigenvalue weighted by Gasteiger charge is 2.18. The van der Waals surface area contributed by atoms with Gasteiger partial charge in [-0.15, -0.1) is 0 Å². The molecule has 1 aliphatic carbocycles. The van der Waals surface area contributed by atoms with Crippen molar-refractivity contribution in [3.63, 3.8) is 0 Å². The van der Waals surface area contributed by atoms with Gasteiger partial charge in [-0.05, 0) is 70.7 Å². The maximum Gasteiger partial charge on any atom is 0.412 e. The average molecular weight is 304 g/mol. The second kappa shape index (κ2) is 7.14. The molecule has 2 rings (SSSR count). The average Bonchev–Trinajstić information content (AvgIpc) is 2.35. The second-order valence-corrected chi connectivity index (χ2v) is 7.18. The van der Waals surface area contributed by atoms with Crippen LogP contribution in [0.2, 0.25) is 0 Å². The summed E-state index contributed by atoms with van der Waals surface area (Å²) in [6.07, 6.45) is 3.68. The minimum atomic E-state index is -0.482. The van der Waals surface area contributed by atoms with E-state index >= 15 is 0 Å². The van der Waals surface area contributed by atoms with Gasteiger partial charge in [0.25, 0.3) is 0 Å². The zero-order valence-electron chi connectivity index (χ0n) is 14.1. The van der Waals surface area contributed by atoms with E-state index in [4.69, 9.17) is 4.74 Å². The minimum Gasteiger partial charge on any atom is -0.444 e. The molecule has 0 aliphatic heterocycles. The molecule has 0 aromatic heterocycles. The molecule has 0 heterocycles. The molecule has 0 saturated heterocycles. The molecule has 1 atom stereocenters. The quantitative estimate of drug-likeness (QED) is 0.843. The summed E-state index contributed by atoms with van der Waals surface area (Å²) in [6, 6.07) is 8.26. The topological polar surface area (TPSA) is 50.4 Å². The highest BCUT2D eigenvalue weighted by molar-refractivity contribution is 5.84. The number of anilines is 1. The van der Waals surface area contributed by atoms with E-state index < -0.39 is 11.7 Å². The third-order valence-electron chi connectivity index (χ3n) is 3.99. The smallest absolute Gasteiger partial charge is 0.412 e. The van der Waals surface area contributed by atoms with E-state index in [9.17, 15) is 4.79 Å². The van der Waals surface area contributed by atoms with E-state index in [0.717, 1.165) is 18.2 Å². The van der Waals surface area contributed by atoms with Crippen LogP contribution in [0.1, 0.15) is 58.6 Å². The van der Waals surface area contributed by atoms with E-state index in [1.165, 1.54) is 24.8 Å². The fourth-order valence-electron chi connectivity index (χ4n) is 2.43. The van der Waals surface area contributed by atoms with Crippen LogP contribution in [0, 0.1) is 5.92 Å². The van der Waals surface area contributed by atoms with Crippen LogP contribution in [0.3, 0.4) is 0 Å². The molecule has 122 valence electrons. The van der Waals surface area contributed by atoms with Crippen LogP contribution >= 0.6 is 0 Å². The summed E-state index contributed by atoms with van der Waals surface area (Å²) in [5.74, 6) is 0.857. The lowest BCUT2D eigenvalue weighted by Gasteiger charge is -2.27. The van der Waals surface area contributed by atoms with Crippen LogP contribution in [-0.2, 0) is 4.74 Å². The van der Waals surface area contributed by atoms with Crippen LogP contribution in [0.4, 0.5) is 10.5 Å². The molecule has 0 radical (unpaired) electrons. The third kappa shape index (κ3) is 5.34. The van der Waals surface area contributed by atoms with Crippen LogP contribution < -0.4 is 10.6 Å². The van der Waals surface area contributed by atoms with Crippen molar-refractivity contribution in [3.05, 3.63) is 29.8 Å². The molecule has 1 fully saturated rings. The largest absolute Gasteiger partial charge is 0.444 e. The van der Waals surface area contributed by atoms with Crippen LogP contribution in [0.25, 0.3) is 0 Å². The highest BCUT2D eigenvalue weighted by atomic mass is 16.6. The Labute approximate surface area is 133 Å². The Hall–Kier alpha value is -1.55. The third-order valence-corrected chi connectivity index (χ3v) is 3.99. The van der Waals surface area contributed by atoms with E-state index in [2.05, 4.69) is 17.6 Å². The number of hydrogen-bond acceptors (Lipinski definition) is 3. The molecule has 1 aromatic rings. The molecule has 1 unspecified atom stereocenters. The van der Waals surface area contributed by atoms with Gasteiger partial charge >= 0.3 is 6.09 Å². The van der Waals surface area contributed by atoms with Gasteiger partial charge in [-0.1, -0.05) is 18.6 Å². The Kier molecular flexibility index (Phi) is 5.46. The van der Waals surface area contributed by atoms with Gasteiger partial charge in [0.1, 0.15) is 5.60 Å². The molecule has 1 aromatic carbocycles. The first kappa shape index (κ1) is 16.8. The van der Waals surface area contributed by atoms with E-state index in [1.807, 2.05) is 45.0 Å². The number of carbonyl (C=O) groups is 1. The van der Waals surface area contributed by atoms with Gasteiger partial charge in [-0.3, -0.25) is 5.32 Å². The van der Waals surface area contributed by atoms with Crippen molar-refractivity contribution < 1.29 is 9.53 Å². The van der Waals surface area contributed by atoms with Crippen molar-refractivity contribution in [2.45, 2.75) is 58.6 Å². The van der Waals surface area contributed by atoms with E-state index in [0.29, 0.717) is 6.04 Å². The first-order valence-electron chi connectivity index (χ1n) is 8.17. The van der Waals surface area contributed by atoms with E-state index in [-0.39, 0.29) is 0 Å². The van der Waals surface area contributed by atoms with Crippen molar-refractivity contribution in [2.75, 3.05) is 11.9 Å². The number of amides is 1.